The molecule has 0 aliphatic rings. The number of aryl methyl sites for hydroxylation is 1. The van der Waals surface area contributed by atoms with Crippen LogP contribution >= 0.6 is 35.1 Å². The first kappa shape index (κ1) is 21.4. The van der Waals surface area contributed by atoms with Crippen molar-refractivity contribution in [3.63, 3.8) is 0 Å². The number of nitrogen functional groups attached to an aromatic ring is 1. The molecule has 0 spiro atoms. The van der Waals surface area contributed by atoms with Crippen LogP contribution in [0.4, 0.5) is 5.69 Å². The van der Waals surface area contributed by atoms with Gasteiger partial charge in [0.2, 0.25) is 11.1 Å². The molecule has 2 aromatic carbocycles. The lowest BCUT2D eigenvalue weighted by Gasteiger charge is -2.10. The number of benzene rings is 2. The van der Waals surface area contributed by atoms with Crippen LogP contribution in [0.25, 0.3) is 11.4 Å². The van der Waals surface area contributed by atoms with E-state index in [1.165, 1.54) is 16.4 Å². The van der Waals surface area contributed by atoms with Crippen LogP contribution in [-0.4, -0.2) is 26.5 Å². The molecule has 0 bridgehead atoms. The summed E-state index contributed by atoms with van der Waals surface area (Å²) in [5, 5.41) is 12.3. The third-order valence-electron chi connectivity index (χ3n) is 4.30. The lowest BCUT2D eigenvalue weighted by atomic mass is 10.2. The minimum absolute atomic E-state index is 0.139. The Morgan fingerprint density at radius 3 is 2.68 bits per heavy atom. The molecule has 0 unspecified atom stereocenters. The highest BCUT2D eigenvalue weighted by atomic mass is 35.5. The van der Waals surface area contributed by atoms with Gasteiger partial charge in [-0.05, 0) is 49.4 Å². The highest BCUT2D eigenvalue weighted by Crippen LogP contribution is 2.34. The Kier molecular flexibility index (Phi) is 6.55. The molecule has 0 saturated carbocycles. The second kappa shape index (κ2) is 9.51. The maximum atomic E-state index is 12.6. The van der Waals surface area contributed by atoms with Gasteiger partial charge in [-0.15, -0.1) is 10.2 Å². The van der Waals surface area contributed by atoms with Crippen molar-refractivity contribution in [2.24, 2.45) is 0 Å². The number of aromatic nitrogens is 3. The Labute approximate surface area is 192 Å². The topological polar surface area (TPSA) is 99.0 Å². The van der Waals surface area contributed by atoms with Crippen LogP contribution in [0.5, 0.6) is 0 Å². The monoisotopic (exact) mass is 471 g/mol. The van der Waals surface area contributed by atoms with Crippen molar-refractivity contribution in [1.29, 1.82) is 0 Å². The summed E-state index contributed by atoms with van der Waals surface area (Å²) >= 11 is 8.72. The van der Waals surface area contributed by atoms with E-state index in [-0.39, 0.29) is 11.7 Å². The number of thioether (sulfide) groups is 1. The van der Waals surface area contributed by atoms with Crippen LogP contribution in [0.2, 0.25) is 5.02 Å². The molecule has 158 valence electrons. The number of amides is 1. The van der Waals surface area contributed by atoms with E-state index in [9.17, 15) is 4.79 Å². The van der Waals surface area contributed by atoms with Crippen molar-refractivity contribution in [3.05, 3.63) is 71.6 Å². The number of nitrogens with one attached hydrogen (secondary N) is 1. The number of nitrogens with zero attached hydrogens (tertiary/aromatic N) is 3. The normalized spacial score (nSPS) is 10.9. The molecule has 4 rings (SSSR count). The Balaban J connectivity index is 1.40. The van der Waals surface area contributed by atoms with Gasteiger partial charge < -0.3 is 15.6 Å². The van der Waals surface area contributed by atoms with E-state index in [1.807, 2.05) is 55.5 Å². The highest BCUT2D eigenvalue weighted by molar-refractivity contribution is 8.00. The lowest BCUT2D eigenvalue weighted by Crippen LogP contribution is -2.16. The predicted octanol–water partition coefficient (Wildman–Crippen LogP) is 5.10. The summed E-state index contributed by atoms with van der Waals surface area (Å²) in [7, 11) is 0. The Morgan fingerprint density at radius 1 is 1.16 bits per heavy atom. The van der Waals surface area contributed by atoms with E-state index in [0.717, 1.165) is 21.0 Å². The summed E-state index contributed by atoms with van der Waals surface area (Å²) in [6, 6.07) is 17.0. The largest absolute Gasteiger partial charge is 0.469 e. The van der Waals surface area contributed by atoms with Crippen molar-refractivity contribution >= 4 is 46.7 Å². The molecule has 0 aliphatic carbocycles. The third-order valence-corrected chi connectivity index (χ3v) is 6.58. The van der Waals surface area contributed by atoms with Gasteiger partial charge >= 0.3 is 0 Å². The van der Waals surface area contributed by atoms with Crippen molar-refractivity contribution in [2.75, 3.05) is 16.9 Å². The maximum absolute atomic E-state index is 12.6. The number of halogens is 1. The maximum Gasteiger partial charge on any atom is 0.234 e. The van der Waals surface area contributed by atoms with Crippen LogP contribution < -0.4 is 11.2 Å². The van der Waals surface area contributed by atoms with E-state index in [1.54, 1.807) is 24.1 Å². The second-order valence-electron chi connectivity index (χ2n) is 6.46. The van der Waals surface area contributed by atoms with E-state index in [2.05, 4.69) is 15.5 Å². The van der Waals surface area contributed by atoms with Crippen LogP contribution in [0.1, 0.15) is 5.76 Å². The zero-order valence-electron chi connectivity index (χ0n) is 16.4. The fraction of sp³-hybridized carbons (Fsp3) is 0.0952. The molecule has 2 aromatic heterocycles. The molecule has 2 heterocycles. The first-order valence-electron chi connectivity index (χ1n) is 9.21. The Hall–Kier alpha value is -2.88. The van der Waals surface area contributed by atoms with Gasteiger partial charge in [0.05, 0.1) is 23.3 Å². The molecule has 4 aromatic rings. The number of furan rings is 1. The Bertz CT molecular complexity index is 1210. The zero-order chi connectivity index (χ0) is 21.8. The molecule has 0 saturated heterocycles. The third kappa shape index (κ3) is 5.07. The molecule has 1 amide bonds. The standard InChI is InChI=1S/C21H18ClN5O2S2/c1-13-16(10-11-29-13)20-25-26-21(27(20)23)30-12-19(28)24-17-4-2-3-5-18(17)31-15-8-6-14(22)7-9-15/h2-11H,12,23H2,1H3,(H,24,28). The van der Waals surface area contributed by atoms with E-state index < -0.39 is 0 Å². The molecular formula is C21H18ClN5O2S2. The summed E-state index contributed by atoms with van der Waals surface area (Å²) in [6.45, 7) is 1.82. The number of para-hydroxylation sites is 1. The van der Waals surface area contributed by atoms with Crippen LogP contribution in [0.3, 0.4) is 0 Å². The number of hydrogen-bond donors (Lipinski definition) is 2. The zero-order valence-corrected chi connectivity index (χ0v) is 18.8. The smallest absolute Gasteiger partial charge is 0.234 e. The predicted molar refractivity (Wildman–Crippen MR) is 124 cm³/mol. The van der Waals surface area contributed by atoms with Crippen LogP contribution in [-0.2, 0) is 4.79 Å². The van der Waals surface area contributed by atoms with Gasteiger partial charge in [-0.3, -0.25) is 4.79 Å². The van der Waals surface area contributed by atoms with Gasteiger partial charge in [0.1, 0.15) is 5.76 Å². The highest BCUT2D eigenvalue weighted by Gasteiger charge is 2.17. The number of carbonyl (C=O) groups excluding carboxylic acids is 1. The van der Waals surface area contributed by atoms with Gasteiger partial charge in [0.25, 0.3) is 0 Å². The summed E-state index contributed by atoms with van der Waals surface area (Å²) in [4.78, 5) is 14.5. The number of nitrogens with two attached hydrogens (primary N) is 1. The first-order chi connectivity index (χ1) is 15.0. The quantitative estimate of drug-likeness (QED) is 0.286. The van der Waals surface area contributed by atoms with Gasteiger partial charge in [-0.2, -0.15) is 0 Å². The van der Waals surface area contributed by atoms with Crippen molar-refractivity contribution in [3.8, 4) is 11.4 Å². The first-order valence-corrected chi connectivity index (χ1v) is 11.4. The molecule has 0 fully saturated rings. The summed E-state index contributed by atoms with van der Waals surface area (Å²) in [5.41, 5.74) is 1.50. The van der Waals surface area contributed by atoms with E-state index in [4.69, 9.17) is 21.9 Å². The fourth-order valence-electron chi connectivity index (χ4n) is 2.78. The summed E-state index contributed by atoms with van der Waals surface area (Å²) in [6.07, 6.45) is 1.57. The minimum Gasteiger partial charge on any atom is -0.469 e. The molecule has 0 radical (unpaired) electrons. The summed E-state index contributed by atoms with van der Waals surface area (Å²) in [5.74, 6) is 7.26. The van der Waals surface area contributed by atoms with Gasteiger partial charge in [-0.1, -0.05) is 47.3 Å². The van der Waals surface area contributed by atoms with E-state index >= 15 is 0 Å². The van der Waals surface area contributed by atoms with Gasteiger partial charge in [-0.25, -0.2) is 4.68 Å². The molecule has 0 atom stereocenters. The molecule has 0 aliphatic heterocycles. The average molecular weight is 472 g/mol. The molecule has 31 heavy (non-hydrogen) atoms. The van der Waals surface area contributed by atoms with E-state index in [0.29, 0.717) is 21.8 Å². The molecule has 3 N–H and O–H groups in total. The van der Waals surface area contributed by atoms with Crippen LogP contribution in [0.15, 0.2) is 80.2 Å². The number of carbonyl (C=O) groups is 1. The number of hydrogen-bond acceptors (Lipinski definition) is 7. The second-order valence-corrected chi connectivity index (χ2v) is 8.95. The molecule has 10 heteroatoms. The van der Waals surface area contributed by atoms with Crippen LogP contribution in [0, 0.1) is 6.92 Å². The number of anilines is 1. The van der Waals surface area contributed by atoms with Crippen molar-refractivity contribution in [1.82, 2.24) is 14.9 Å². The number of rotatable bonds is 7. The Morgan fingerprint density at radius 2 is 1.94 bits per heavy atom. The molecular weight excluding hydrogens is 454 g/mol. The summed E-state index contributed by atoms with van der Waals surface area (Å²) < 4.78 is 6.65. The molecule has 7 nitrogen and oxygen atoms in total. The average Bonchev–Trinajstić information content (AvgIpc) is 3.34. The minimum atomic E-state index is -0.168. The van der Waals surface area contributed by atoms with Gasteiger partial charge in [0.15, 0.2) is 5.82 Å². The lowest BCUT2D eigenvalue weighted by molar-refractivity contribution is -0.113. The van der Waals surface area contributed by atoms with Crippen molar-refractivity contribution in [2.45, 2.75) is 21.9 Å². The van der Waals surface area contributed by atoms with Crippen molar-refractivity contribution < 1.29 is 9.21 Å². The fourth-order valence-corrected chi connectivity index (χ4v) is 4.47. The van der Waals surface area contributed by atoms with Gasteiger partial charge in [0, 0.05) is 14.8 Å². The SMILES string of the molecule is Cc1occc1-c1nnc(SCC(=O)Nc2ccccc2Sc2ccc(Cl)cc2)n1N.